The zero-order valence-electron chi connectivity index (χ0n) is 7.25. The number of anilines is 1. The Bertz CT molecular complexity index is 328. The van der Waals surface area contributed by atoms with E-state index < -0.39 is 5.92 Å². The maximum absolute atomic E-state index is 12.9. The third-order valence-electron chi connectivity index (χ3n) is 2.06. The van der Waals surface area contributed by atoms with E-state index >= 15 is 0 Å². The van der Waals surface area contributed by atoms with Crippen LogP contribution in [0.2, 0.25) is 0 Å². The molecule has 0 saturated carbocycles. The fourth-order valence-electron chi connectivity index (χ4n) is 1.38. The van der Waals surface area contributed by atoms with Gasteiger partial charge in [0.15, 0.2) is 0 Å². The Morgan fingerprint density at radius 1 is 1.36 bits per heavy atom. The van der Waals surface area contributed by atoms with Crippen molar-refractivity contribution in [3.8, 4) is 0 Å². The molecule has 1 saturated heterocycles. The minimum atomic E-state index is -2.60. The van der Waals surface area contributed by atoms with Gasteiger partial charge in [-0.25, -0.2) is 18.7 Å². The van der Waals surface area contributed by atoms with Gasteiger partial charge in [-0.3, -0.25) is 0 Å². The molecule has 0 N–H and O–H groups in total. The van der Waals surface area contributed by atoms with E-state index in [1.54, 1.807) is 12.4 Å². The van der Waals surface area contributed by atoms with Gasteiger partial charge in [0.2, 0.25) is 5.95 Å². The van der Waals surface area contributed by atoms with Crippen LogP contribution in [0.3, 0.4) is 0 Å². The molecule has 0 unspecified atom stereocenters. The molecule has 14 heavy (non-hydrogen) atoms. The second-order valence-electron chi connectivity index (χ2n) is 3.23. The van der Waals surface area contributed by atoms with Gasteiger partial charge in [-0.05, 0) is 15.9 Å². The summed E-state index contributed by atoms with van der Waals surface area (Å²) in [7, 11) is 0. The predicted octanol–water partition coefficient (Wildman–Crippen LogP) is 2.08. The number of rotatable bonds is 1. The van der Waals surface area contributed by atoms with Crippen molar-refractivity contribution in [3.63, 3.8) is 0 Å². The van der Waals surface area contributed by atoms with Gasteiger partial charge in [0.25, 0.3) is 5.92 Å². The molecule has 0 radical (unpaired) electrons. The number of aromatic nitrogens is 2. The molecule has 0 atom stereocenters. The fourth-order valence-corrected chi connectivity index (χ4v) is 1.58. The highest BCUT2D eigenvalue weighted by atomic mass is 79.9. The molecule has 2 rings (SSSR count). The summed E-state index contributed by atoms with van der Waals surface area (Å²) in [6, 6.07) is 0. The minimum absolute atomic E-state index is 0.119. The highest BCUT2D eigenvalue weighted by Crippen LogP contribution is 2.28. The van der Waals surface area contributed by atoms with Crippen LogP contribution < -0.4 is 4.90 Å². The highest BCUT2D eigenvalue weighted by molar-refractivity contribution is 9.10. The van der Waals surface area contributed by atoms with Gasteiger partial charge in [-0.2, -0.15) is 0 Å². The summed E-state index contributed by atoms with van der Waals surface area (Å²) < 4.78 is 26.4. The first-order chi connectivity index (χ1) is 6.57. The summed E-state index contributed by atoms with van der Waals surface area (Å²) in [6.07, 6.45) is 2.99. The van der Waals surface area contributed by atoms with E-state index in [1.165, 1.54) is 4.90 Å². The SMILES string of the molecule is FC1(F)CCN(c2ncc(Br)cn2)C1. The first-order valence-electron chi connectivity index (χ1n) is 4.17. The zero-order chi connectivity index (χ0) is 10.2. The standard InChI is InChI=1S/C8H8BrF2N3/c9-6-3-12-7(13-4-6)14-2-1-8(10,11)5-14/h3-4H,1-2,5H2. The van der Waals surface area contributed by atoms with Crippen LogP contribution >= 0.6 is 15.9 Å². The Morgan fingerprint density at radius 3 is 2.50 bits per heavy atom. The smallest absolute Gasteiger partial charge is 0.267 e. The highest BCUT2D eigenvalue weighted by Gasteiger charge is 2.39. The Morgan fingerprint density at radius 2 is 2.00 bits per heavy atom. The predicted molar refractivity (Wildman–Crippen MR) is 51.5 cm³/mol. The van der Waals surface area contributed by atoms with Crippen molar-refractivity contribution in [2.24, 2.45) is 0 Å². The van der Waals surface area contributed by atoms with Crippen molar-refractivity contribution >= 4 is 21.9 Å². The van der Waals surface area contributed by atoms with E-state index in [4.69, 9.17) is 0 Å². The van der Waals surface area contributed by atoms with Gasteiger partial charge in [-0.15, -0.1) is 0 Å². The molecule has 0 aromatic carbocycles. The van der Waals surface area contributed by atoms with Crippen LogP contribution in [0.15, 0.2) is 16.9 Å². The van der Waals surface area contributed by atoms with Crippen molar-refractivity contribution in [2.75, 3.05) is 18.0 Å². The summed E-state index contributed by atoms with van der Waals surface area (Å²) in [4.78, 5) is 9.41. The van der Waals surface area contributed by atoms with E-state index in [0.29, 0.717) is 12.5 Å². The van der Waals surface area contributed by atoms with Crippen LogP contribution in [-0.2, 0) is 0 Å². The largest absolute Gasteiger partial charge is 0.335 e. The van der Waals surface area contributed by atoms with Gasteiger partial charge in [0.05, 0.1) is 11.0 Å². The van der Waals surface area contributed by atoms with E-state index in [0.717, 1.165) is 4.47 Å². The van der Waals surface area contributed by atoms with Crippen LogP contribution in [0.25, 0.3) is 0 Å². The van der Waals surface area contributed by atoms with Gasteiger partial charge in [-0.1, -0.05) is 0 Å². The Hall–Kier alpha value is -0.780. The topological polar surface area (TPSA) is 29.0 Å². The second kappa shape index (κ2) is 3.42. The molecular formula is C8H8BrF2N3. The summed E-state index contributed by atoms with van der Waals surface area (Å²) in [5.74, 6) is -2.23. The van der Waals surface area contributed by atoms with Crippen molar-refractivity contribution in [1.82, 2.24) is 9.97 Å². The molecule has 3 nitrogen and oxygen atoms in total. The molecule has 0 aliphatic carbocycles. The normalized spacial score (nSPS) is 20.1. The number of hydrogen-bond donors (Lipinski definition) is 0. The van der Waals surface area contributed by atoms with Crippen LogP contribution in [0.1, 0.15) is 6.42 Å². The molecule has 1 aromatic rings. The molecule has 0 amide bonds. The molecule has 1 aliphatic rings. The van der Waals surface area contributed by atoms with Gasteiger partial charge >= 0.3 is 0 Å². The molecule has 1 fully saturated rings. The van der Waals surface area contributed by atoms with Crippen LogP contribution in [0.5, 0.6) is 0 Å². The molecule has 2 heterocycles. The number of alkyl halides is 2. The summed E-state index contributed by atoms with van der Waals surface area (Å²) in [6.45, 7) is 0.0310. The van der Waals surface area contributed by atoms with Crippen molar-refractivity contribution in [2.45, 2.75) is 12.3 Å². The lowest BCUT2D eigenvalue weighted by Crippen LogP contribution is -2.26. The van der Waals surface area contributed by atoms with E-state index in [-0.39, 0.29) is 13.0 Å². The van der Waals surface area contributed by atoms with Gasteiger partial charge in [0, 0.05) is 25.4 Å². The molecular weight excluding hydrogens is 256 g/mol. The van der Waals surface area contributed by atoms with Crippen molar-refractivity contribution in [3.05, 3.63) is 16.9 Å². The van der Waals surface area contributed by atoms with Gasteiger partial charge < -0.3 is 4.90 Å². The average molecular weight is 264 g/mol. The minimum Gasteiger partial charge on any atom is -0.335 e. The monoisotopic (exact) mass is 263 g/mol. The number of halogens is 3. The third kappa shape index (κ3) is 2.00. The fraction of sp³-hybridized carbons (Fsp3) is 0.500. The summed E-state index contributed by atoms with van der Waals surface area (Å²) >= 11 is 3.18. The maximum Gasteiger partial charge on any atom is 0.267 e. The van der Waals surface area contributed by atoms with Gasteiger partial charge in [0.1, 0.15) is 0 Å². The summed E-state index contributed by atoms with van der Waals surface area (Å²) in [5, 5.41) is 0. The lowest BCUT2D eigenvalue weighted by Gasteiger charge is -2.14. The molecule has 1 aromatic heterocycles. The zero-order valence-corrected chi connectivity index (χ0v) is 8.84. The summed E-state index contributed by atoms with van der Waals surface area (Å²) in [5.41, 5.74) is 0. The van der Waals surface area contributed by atoms with Crippen LogP contribution in [-0.4, -0.2) is 29.0 Å². The molecule has 0 bridgehead atoms. The Labute approximate surface area is 88.3 Å². The molecule has 0 spiro atoms. The van der Waals surface area contributed by atoms with Crippen molar-refractivity contribution < 1.29 is 8.78 Å². The molecule has 1 aliphatic heterocycles. The first-order valence-corrected chi connectivity index (χ1v) is 4.96. The molecule has 6 heteroatoms. The lowest BCUT2D eigenvalue weighted by atomic mass is 10.3. The average Bonchev–Trinajstić information content (AvgIpc) is 2.47. The molecule has 76 valence electrons. The van der Waals surface area contributed by atoms with Crippen LogP contribution in [0, 0.1) is 0 Å². The second-order valence-corrected chi connectivity index (χ2v) is 4.14. The van der Waals surface area contributed by atoms with E-state index in [1.807, 2.05) is 0 Å². The lowest BCUT2D eigenvalue weighted by molar-refractivity contribution is 0.0256. The van der Waals surface area contributed by atoms with E-state index in [2.05, 4.69) is 25.9 Å². The van der Waals surface area contributed by atoms with Crippen LogP contribution in [0.4, 0.5) is 14.7 Å². The quantitative estimate of drug-likeness (QED) is 0.777. The maximum atomic E-state index is 12.9. The third-order valence-corrected chi connectivity index (χ3v) is 2.47. The van der Waals surface area contributed by atoms with E-state index in [9.17, 15) is 8.78 Å². The number of nitrogens with zero attached hydrogens (tertiary/aromatic N) is 3. The number of hydrogen-bond acceptors (Lipinski definition) is 3. The van der Waals surface area contributed by atoms with Crippen molar-refractivity contribution in [1.29, 1.82) is 0 Å². The Kier molecular flexibility index (Phi) is 2.38. The Balaban J connectivity index is 2.14. The first kappa shape index (κ1) is 9.76.